The van der Waals surface area contributed by atoms with E-state index in [2.05, 4.69) is 35.3 Å². The van der Waals surface area contributed by atoms with Gasteiger partial charge in [-0.05, 0) is 37.5 Å². The Kier molecular flexibility index (Phi) is 4.58. The highest BCUT2D eigenvalue weighted by atomic mass is 16.5. The fourth-order valence-electron chi connectivity index (χ4n) is 2.77. The molecule has 0 saturated carbocycles. The molecule has 0 aliphatic rings. The number of pyridine rings is 1. The summed E-state index contributed by atoms with van der Waals surface area (Å²) < 4.78 is 7.92. The Morgan fingerprint density at radius 2 is 2.00 bits per heavy atom. The van der Waals surface area contributed by atoms with Gasteiger partial charge in [-0.15, -0.1) is 0 Å². The number of rotatable bonds is 6. The lowest BCUT2D eigenvalue weighted by atomic mass is 10.1. The van der Waals surface area contributed by atoms with Crippen molar-refractivity contribution in [2.75, 3.05) is 6.61 Å². The molecule has 0 radical (unpaired) electrons. The van der Waals surface area contributed by atoms with Crippen LogP contribution in [0.5, 0.6) is 5.75 Å². The molecule has 0 N–H and O–H groups in total. The predicted molar refractivity (Wildman–Crippen MR) is 89.5 cm³/mol. The van der Waals surface area contributed by atoms with E-state index in [1.165, 1.54) is 5.56 Å². The molecule has 0 aliphatic heterocycles. The van der Waals surface area contributed by atoms with Crippen molar-refractivity contribution in [1.29, 1.82) is 5.26 Å². The topological polar surface area (TPSA) is 50.3 Å². The van der Waals surface area contributed by atoms with Crippen LogP contribution in [0, 0.1) is 18.3 Å². The molecule has 0 amide bonds. The van der Waals surface area contributed by atoms with E-state index in [0.29, 0.717) is 13.0 Å². The molecule has 0 bridgehead atoms. The van der Waals surface area contributed by atoms with Crippen LogP contribution in [0.4, 0.5) is 0 Å². The fourth-order valence-corrected chi connectivity index (χ4v) is 2.77. The molecule has 0 atom stereocenters. The Balaban J connectivity index is 1.70. The van der Waals surface area contributed by atoms with Gasteiger partial charge in [0.2, 0.25) is 0 Å². The number of nitriles is 1. The molecule has 4 nitrogen and oxygen atoms in total. The first-order chi connectivity index (χ1) is 11.3. The number of imidazole rings is 1. The Hall–Kier alpha value is -2.80. The lowest BCUT2D eigenvalue weighted by Crippen LogP contribution is -2.01. The molecular weight excluding hydrogens is 286 g/mol. The highest BCUT2D eigenvalue weighted by Crippen LogP contribution is 2.24. The van der Waals surface area contributed by atoms with Gasteiger partial charge in [-0.25, -0.2) is 4.98 Å². The van der Waals surface area contributed by atoms with Gasteiger partial charge in [-0.2, -0.15) is 5.26 Å². The maximum Gasteiger partial charge on any atom is 0.145 e. The lowest BCUT2D eigenvalue weighted by Gasteiger charge is -2.09. The van der Waals surface area contributed by atoms with Crippen LogP contribution in [0.1, 0.15) is 23.5 Å². The van der Waals surface area contributed by atoms with Crippen LogP contribution in [-0.2, 0) is 12.8 Å². The Morgan fingerprint density at radius 1 is 1.17 bits per heavy atom. The molecule has 0 aliphatic carbocycles. The summed E-state index contributed by atoms with van der Waals surface area (Å²) >= 11 is 0. The zero-order chi connectivity index (χ0) is 16.1. The highest BCUT2D eigenvalue weighted by molar-refractivity contribution is 5.64. The van der Waals surface area contributed by atoms with Gasteiger partial charge in [0.05, 0.1) is 24.8 Å². The van der Waals surface area contributed by atoms with Crippen molar-refractivity contribution in [3.63, 3.8) is 0 Å². The van der Waals surface area contributed by atoms with Crippen LogP contribution in [0.3, 0.4) is 0 Å². The smallest absolute Gasteiger partial charge is 0.145 e. The second-order valence-corrected chi connectivity index (χ2v) is 5.48. The summed E-state index contributed by atoms with van der Waals surface area (Å²) in [5.74, 6) is 1.59. The average Bonchev–Trinajstić information content (AvgIpc) is 2.90. The number of aryl methyl sites for hydroxylation is 2. The molecular formula is C19H19N3O. The van der Waals surface area contributed by atoms with Crippen LogP contribution in [0.15, 0.2) is 48.7 Å². The Bertz CT molecular complexity index is 831. The summed E-state index contributed by atoms with van der Waals surface area (Å²) in [5, 5.41) is 8.90. The van der Waals surface area contributed by atoms with E-state index in [4.69, 9.17) is 10.00 Å². The number of benzene rings is 1. The number of ether oxygens (including phenoxy) is 1. The molecule has 0 spiro atoms. The van der Waals surface area contributed by atoms with E-state index in [-0.39, 0.29) is 0 Å². The summed E-state index contributed by atoms with van der Waals surface area (Å²) in [7, 11) is 0. The third-order valence-electron chi connectivity index (χ3n) is 3.82. The van der Waals surface area contributed by atoms with Crippen molar-refractivity contribution in [1.82, 2.24) is 9.38 Å². The predicted octanol–water partition coefficient (Wildman–Crippen LogP) is 3.72. The standard InChI is InChI=1S/C19H19N3O/c1-15-19-17(10-5-13-22(19)18(21-15)11-12-20)23-14-6-9-16-7-3-2-4-8-16/h2-5,7-8,10,13H,6,9,11,14H2,1H3. The van der Waals surface area contributed by atoms with Crippen LogP contribution in [0.25, 0.3) is 5.52 Å². The molecule has 0 unspecified atom stereocenters. The largest absolute Gasteiger partial charge is 0.491 e. The second-order valence-electron chi connectivity index (χ2n) is 5.48. The zero-order valence-electron chi connectivity index (χ0n) is 13.2. The molecule has 3 rings (SSSR count). The number of hydrogen-bond donors (Lipinski definition) is 0. The summed E-state index contributed by atoms with van der Waals surface area (Å²) in [5.41, 5.74) is 3.18. The molecule has 0 saturated heterocycles. The summed E-state index contributed by atoms with van der Waals surface area (Å²) in [4.78, 5) is 4.48. The number of hydrogen-bond acceptors (Lipinski definition) is 3. The van der Waals surface area contributed by atoms with E-state index in [0.717, 1.165) is 35.6 Å². The minimum Gasteiger partial charge on any atom is -0.491 e. The number of fused-ring (bicyclic) bond motifs is 1. The van der Waals surface area contributed by atoms with Crippen molar-refractivity contribution in [2.45, 2.75) is 26.2 Å². The second kappa shape index (κ2) is 6.97. The van der Waals surface area contributed by atoms with Crippen LogP contribution < -0.4 is 4.74 Å². The van der Waals surface area contributed by atoms with Crippen molar-refractivity contribution >= 4 is 5.52 Å². The minimum absolute atomic E-state index is 0.298. The SMILES string of the molecule is Cc1nc(CC#N)n2cccc(OCCCc3ccccc3)c12. The average molecular weight is 305 g/mol. The van der Waals surface area contributed by atoms with Gasteiger partial charge < -0.3 is 4.74 Å². The van der Waals surface area contributed by atoms with E-state index >= 15 is 0 Å². The van der Waals surface area contributed by atoms with Gasteiger partial charge in [-0.1, -0.05) is 30.3 Å². The normalized spacial score (nSPS) is 10.6. The summed E-state index contributed by atoms with van der Waals surface area (Å²) in [6, 6.07) is 16.5. The van der Waals surface area contributed by atoms with E-state index in [9.17, 15) is 0 Å². The highest BCUT2D eigenvalue weighted by Gasteiger charge is 2.12. The van der Waals surface area contributed by atoms with Crippen molar-refractivity contribution in [3.8, 4) is 11.8 Å². The molecule has 2 heterocycles. The molecule has 4 heteroatoms. The molecule has 23 heavy (non-hydrogen) atoms. The minimum atomic E-state index is 0.298. The first-order valence-electron chi connectivity index (χ1n) is 7.80. The summed E-state index contributed by atoms with van der Waals surface area (Å²) in [6.45, 7) is 2.61. The van der Waals surface area contributed by atoms with Crippen molar-refractivity contribution < 1.29 is 4.74 Å². The van der Waals surface area contributed by atoms with Crippen LogP contribution in [-0.4, -0.2) is 16.0 Å². The fraction of sp³-hybridized carbons (Fsp3) is 0.263. The van der Waals surface area contributed by atoms with Crippen molar-refractivity contribution in [3.05, 3.63) is 65.7 Å². The van der Waals surface area contributed by atoms with Gasteiger partial charge in [-0.3, -0.25) is 4.40 Å². The zero-order valence-corrected chi connectivity index (χ0v) is 13.2. The quantitative estimate of drug-likeness (QED) is 0.652. The first-order valence-corrected chi connectivity index (χ1v) is 7.80. The van der Waals surface area contributed by atoms with Gasteiger partial charge >= 0.3 is 0 Å². The van der Waals surface area contributed by atoms with Gasteiger partial charge in [0.25, 0.3) is 0 Å². The maximum atomic E-state index is 8.90. The van der Waals surface area contributed by atoms with Crippen LogP contribution >= 0.6 is 0 Å². The molecule has 0 fully saturated rings. The van der Waals surface area contributed by atoms with E-state index < -0.39 is 0 Å². The Labute approximate surface area is 136 Å². The number of nitrogens with zero attached hydrogens (tertiary/aromatic N) is 3. The van der Waals surface area contributed by atoms with Gasteiger partial charge in [0.1, 0.15) is 17.1 Å². The lowest BCUT2D eigenvalue weighted by molar-refractivity contribution is 0.313. The maximum absolute atomic E-state index is 8.90. The first kappa shape index (κ1) is 15.1. The number of aromatic nitrogens is 2. The molecule has 116 valence electrons. The van der Waals surface area contributed by atoms with E-state index in [1.54, 1.807) is 0 Å². The van der Waals surface area contributed by atoms with Crippen molar-refractivity contribution in [2.24, 2.45) is 0 Å². The molecule has 1 aromatic carbocycles. The molecule has 2 aromatic heterocycles. The monoisotopic (exact) mass is 305 g/mol. The van der Waals surface area contributed by atoms with Crippen LogP contribution in [0.2, 0.25) is 0 Å². The van der Waals surface area contributed by atoms with E-state index in [1.807, 2.05) is 35.7 Å². The molecule has 3 aromatic rings. The Morgan fingerprint density at radius 3 is 2.78 bits per heavy atom. The summed E-state index contributed by atoms with van der Waals surface area (Å²) in [6.07, 6.45) is 4.19. The third kappa shape index (κ3) is 3.35. The third-order valence-corrected chi connectivity index (χ3v) is 3.82. The van der Waals surface area contributed by atoms with Gasteiger partial charge in [0.15, 0.2) is 0 Å². The van der Waals surface area contributed by atoms with Gasteiger partial charge in [0, 0.05) is 6.20 Å².